The Bertz CT molecular complexity index is 695. The predicted octanol–water partition coefficient (Wildman–Crippen LogP) is 3.47. The number of aromatic nitrogens is 2. The van der Waals surface area contributed by atoms with E-state index in [0.717, 1.165) is 28.6 Å². The molecule has 116 valence electrons. The molecule has 0 aliphatic carbocycles. The monoisotopic (exact) mass is 300 g/mol. The summed E-state index contributed by atoms with van der Waals surface area (Å²) in [7, 11) is 0. The molecule has 0 spiro atoms. The summed E-state index contributed by atoms with van der Waals surface area (Å²) in [6.07, 6.45) is 1.80. The van der Waals surface area contributed by atoms with Crippen molar-refractivity contribution < 1.29 is 9.47 Å². The molecule has 2 aromatic rings. The third-order valence-corrected chi connectivity index (χ3v) is 3.09. The second-order valence-corrected chi connectivity index (χ2v) is 6.29. The number of aryl methyl sites for hydroxylation is 1. The summed E-state index contributed by atoms with van der Waals surface area (Å²) < 4.78 is 10.7. The van der Waals surface area contributed by atoms with Gasteiger partial charge in [-0.05, 0) is 39.8 Å². The fourth-order valence-electron chi connectivity index (χ4n) is 2.08. The normalized spacial score (nSPS) is 13.1. The van der Waals surface area contributed by atoms with Gasteiger partial charge in [-0.25, -0.2) is 4.98 Å². The molecule has 2 N–H and O–H groups in total. The zero-order valence-corrected chi connectivity index (χ0v) is 13.2. The van der Waals surface area contributed by atoms with Crippen molar-refractivity contribution in [3.63, 3.8) is 0 Å². The third kappa shape index (κ3) is 3.21. The van der Waals surface area contributed by atoms with Crippen LogP contribution in [0.3, 0.4) is 0 Å². The quantitative estimate of drug-likeness (QED) is 0.904. The molecule has 6 heteroatoms. The van der Waals surface area contributed by atoms with Crippen molar-refractivity contribution in [1.29, 1.82) is 0 Å². The van der Waals surface area contributed by atoms with Crippen molar-refractivity contribution in [2.24, 2.45) is 0 Å². The fraction of sp³-hybridized carbons (Fsp3) is 0.375. The van der Waals surface area contributed by atoms with Crippen LogP contribution in [0.1, 0.15) is 26.3 Å². The van der Waals surface area contributed by atoms with Crippen LogP contribution in [0, 0.1) is 6.92 Å². The van der Waals surface area contributed by atoms with Crippen LogP contribution in [-0.4, -0.2) is 22.3 Å². The van der Waals surface area contributed by atoms with Crippen LogP contribution in [-0.2, 0) is 0 Å². The lowest BCUT2D eigenvalue weighted by Gasteiger charge is -2.21. The molecular weight excluding hydrogens is 280 g/mol. The molecule has 0 fully saturated rings. The molecular formula is C16H20N4O2. The van der Waals surface area contributed by atoms with Crippen molar-refractivity contribution >= 4 is 17.5 Å². The Balaban J connectivity index is 1.83. The van der Waals surface area contributed by atoms with Crippen LogP contribution in [0.4, 0.5) is 17.5 Å². The number of nitrogens with zero attached hydrogens (tertiary/aromatic N) is 2. The molecule has 0 atom stereocenters. The highest BCUT2D eigenvalue weighted by atomic mass is 16.7. The molecule has 1 aliphatic heterocycles. The van der Waals surface area contributed by atoms with Gasteiger partial charge in [0.25, 0.3) is 0 Å². The van der Waals surface area contributed by atoms with Gasteiger partial charge in [0.05, 0.1) is 0 Å². The first-order valence-electron chi connectivity index (χ1n) is 7.19. The SMILES string of the molecule is Cc1cnc(NC(C)(C)C)nc1Nc1ccc2c(c1)OCO2. The van der Waals surface area contributed by atoms with Gasteiger partial charge in [0.2, 0.25) is 12.7 Å². The molecule has 1 aromatic heterocycles. The maximum atomic E-state index is 5.39. The molecule has 1 aliphatic rings. The van der Waals surface area contributed by atoms with Gasteiger partial charge in [0, 0.05) is 29.1 Å². The van der Waals surface area contributed by atoms with Crippen LogP contribution >= 0.6 is 0 Å². The Morgan fingerprint density at radius 2 is 1.91 bits per heavy atom. The second-order valence-electron chi connectivity index (χ2n) is 6.29. The van der Waals surface area contributed by atoms with Crippen LogP contribution in [0.15, 0.2) is 24.4 Å². The highest BCUT2D eigenvalue weighted by Crippen LogP contribution is 2.35. The first-order chi connectivity index (χ1) is 10.4. The van der Waals surface area contributed by atoms with Crippen LogP contribution < -0.4 is 20.1 Å². The minimum atomic E-state index is -0.0920. The van der Waals surface area contributed by atoms with E-state index in [2.05, 4.69) is 41.4 Å². The summed E-state index contributed by atoms with van der Waals surface area (Å²) in [6.45, 7) is 8.45. The molecule has 0 saturated heterocycles. The molecule has 0 unspecified atom stereocenters. The summed E-state index contributed by atoms with van der Waals surface area (Å²) in [5.41, 5.74) is 1.77. The largest absolute Gasteiger partial charge is 0.454 e. The number of nitrogens with one attached hydrogen (secondary N) is 2. The van der Waals surface area contributed by atoms with E-state index in [0.29, 0.717) is 5.95 Å². The zero-order chi connectivity index (χ0) is 15.7. The van der Waals surface area contributed by atoms with E-state index < -0.39 is 0 Å². The Labute approximate surface area is 129 Å². The van der Waals surface area contributed by atoms with E-state index in [1.54, 1.807) is 6.20 Å². The number of anilines is 3. The Morgan fingerprint density at radius 3 is 2.68 bits per heavy atom. The van der Waals surface area contributed by atoms with Gasteiger partial charge in [-0.1, -0.05) is 0 Å². The highest BCUT2D eigenvalue weighted by Gasteiger charge is 2.15. The Hall–Kier alpha value is -2.50. The van der Waals surface area contributed by atoms with E-state index in [-0.39, 0.29) is 12.3 Å². The van der Waals surface area contributed by atoms with Crippen molar-refractivity contribution in [2.75, 3.05) is 17.4 Å². The topological polar surface area (TPSA) is 68.3 Å². The molecule has 6 nitrogen and oxygen atoms in total. The average Bonchev–Trinajstić information content (AvgIpc) is 2.88. The summed E-state index contributed by atoms with van der Waals surface area (Å²) >= 11 is 0. The van der Waals surface area contributed by atoms with Gasteiger partial charge in [0.15, 0.2) is 11.5 Å². The van der Waals surface area contributed by atoms with Crippen LogP contribution in [0.25, 0.3) is 0 Å². The minimum Gasteiger partial charge on any atom is -0.454 e. The maximum absolute atomic E-state index is 5.39. The summed E-state index contributed by atoms with van der Waals surface area (Å²) in [5, 5.41) is 6.57. The fourth-order valence-corrected chi connectivity index (χ4v) is 2.08. The molecule has 0 radical (unpaired) electrons. The maximum Gasteiger partial charge on any atom is 0.231 e. The number of rotatable bonds is 3. The Morgan fingerprint density at radius 1 is 1.14 bits per heavy atom. The van der Waals surface area contributed by atoms with Crippen LogP contribution in [0.5, 0.6) is 11.5 Å². The molecule has 0 saturated carbocycles. The number of hydrogen-bond acceptors (Lipinski definition) is 6. The van der Waals surface area contributed by atoms with E-state index in [9.17, 15) is 0 Å². The van der Waals surface area contributed by atoms with Gasteiger partial charge in [-0.2, -0.15) is 4.98 Å². The average molecular weight is 300 g/mol. The predicted molar refractivity (Wildman–Crippen MR) is 86.0 cm³/mol. The number of hydrogen-bond donors (Lipinski definition) is 2. The van der Waals surface area contributed by atoms with Crippen molar-refractivity contribution in [3.05, 3.63) is 30.0 Å². The molecule has 0 bridgehead atoms. The Kier molecular flexibility index (Phi) is 3.52. The van der Waals surface area contributed by atoms with Gasteiger partial charge in [-0.15, -0.1) is 0 Å². The van der Waals surface area contributed by atoms with Gasteiger partial charge in [0.1, 0.15) is 5.82 Å². The third-order valence-electron chi connectivity index (χ3n) is 3.09. The zero-order valence-electron chi connectivity index (χ0n) is 13.2. The van der Waals surface area contributed by atoms with Crippen molar-refractivity contribution in [2.45, 2.75) is 33.2 Å². The summed E-state index contributed by atoms with van der Waals surface area (Å²) in [4.78, 5) is 8.86. The second kappa shape index (κ2) is 5.36. The van der Waals surface area contributed by atoms with Gasteiger partial charge >= 0.3 is 0 Å². The number of benzene rings is 1. The van der Waals surface area contributed by atoms with Gasteiger partial charge in [-0.3, -0.25) is 0 Å². The molecule has 2 heterocycles. The molecule has 0 amide bonds. The smallest absolute Gasteiger partial charge is 0.231 e. The first kappa shape index (κ1) is 14.4. The summed E-state index contributed by atoms with van der Waals surface area (Å²) in [5.74, 6) is 2.87. The lowest BCUT2D eigenvalue weighted by Crippen LogP contribution is -2.27. The van der Waals surface area contributed by atoms with Gasteiger partial charge < -0.3 is 20.1 Å². The number of ether oxygens (including phenoxy) is 2. The first-order valence-corrected chi connectivity index (χ1v) is 7.19. The van der Waals surface area contributed by atoms with Crippen molar-refractivity contribution in [1.82, 2.24) is 9.97 Å². The lowest BCUT2D eigenvalue weighted by atomic mass is 10.1. The molecule has 1 aromatic carbocycles. The molecule has 3 rings (SSSR count). The van der Waals surface area contributed by atoms with E-state index in [1.165, 1.54) is 0 Å². The van der Waals surface area contributed by atoms with Crippen LogP contribution in [0.2, 0.25) is 0 Å². The standard InChI is InChI=1S/C16H20N4O2/c1-10-8-17-15(20-16(2,3)4)19-14(10)18-11-5-6-12-13(7-11)22-9-21-12/h5-8H,9H2,1-4H3,(H2,17,18,19,20). The minimum absolute atomic E-state index is 0.0920. The number of fused-ring (bicyclic) bond motifs is 1. The summed E-state index contributed by atoms with van der Waals surface area (Å²) in [6, 6.07) is 5.72. The molecule has 22 heavy (non-hydrogen) atoms. The van der Waals surface area contributed by atoms with E-state index in [4.69, 9.17) is 9.47 Å². The van der Waals surface area contributed by atoms with Crippen molar-refractivity contribution in [3.8, 4) is 11.5 Å². The highest BCUT2D eigenvalue weighted by molar-refractivity contribution is 5.64. The lowest BCUT2D eigenvalue weighted by molar-refractivity contribution is 0.174. The van der Waals surface area contributed by atoms with E-state index in [1.807, 2.05) is 25.1 Å². The van der Waals surface area contributed by atoms with E-state index >= 15 is 0 Å².